The molecule has 10 nitrogen and oxygen atoms in total. The fourth-order valence-corrected chi connectivity index (χ4v) is 4.57. The van der Waals surface area contributed by atoms with Crippen LogP contribution in [-0.4, -0.2) is 42.3 Å². The molecule has 1 unspecified atom stereocenters. The van der Waals surface area contributed by atoms with Gasteiger partial charge in [0.2, 0.25) is 11.7 Å². The van der Waals surface area contributed by atoms with E-state index < -0.39 is 29.6 Å². The number of rotatable bonds is 6. The zero-order valence-corrected chi connectivity index (χ0v) is 21.3. The van der Waals surface area contributed by atoms with Crippen LogP contribution < -0.4 is 10.2 Å². The van der Waals surface area contributed by atoms with Crippen molar-refractivity contribution >= 4 is 17.4 Å². The molecule has 0 spiro atoms. The molecule has 2 aromatic carbocycles. The summed E-state index contributed by atoms with van der Waals surface area (Å²) in [6, 6.07) is 20.4. The second-order valence-electron chi connectivity index (χ2n) is 9.28. The lowest BCUT2D eigenvalue weighted by molar-refractivity contribution is -0.141. The monoisotopic (exact) mass is 561 g/mol. The number of hydrogen-bond acceptors (Lipinski definition) is 8. The number of fused-ring (bicyclic) bond motifs is 1. The Hall–Kier alpha value is -5.04. The topological polar surface area (TPSA) is 122 Å². The number of amides is 1. The van der Waals surface area contributed by atoms with Gasteiger partial charge in [-0.25, -0.2) is 9.97 Å². The van der Waals surface area contributed by atoms with Gasteiger partial charge in [0.25, 0.3) is 5.91 Å². The van der Waals surface area contributed by atoms with Crippen LogP contribution >= 0.6 is 0 Å². The van der Waals surface area contributed by atoms with E-state index >= 15 is 0 Å². The van der Waals surface area contributed by atoms with E-state index in [2.05, 4.69) is 25.5 Å². The van der Waals surface area contributed by atoms with Crippen LogP contribution in [0.1, 0.15) is 39.6 Å². The van der Waals surface area contributed by atoms with Crippen molar-refractivity contribution in [1.82, 2.24) is 24.7 Å². The minimum absolute atomic E-state index is 0.179. The Morgan fingerprint density at radius 1 is 0.976 bits per heavy atom. The number of nitrogens with one attached hydrogen (secondary N) is 1. The molecule has 0 saturated heterocycles. The maximum atomic E-state index is 13.6. The van der Waals surface area contributed by atoms with Crippen molar-refractivity contribution in [2.24, 2.45) is 0 Å². The number of aromatic nitrogens is 5. The van der Waals surface area contributed by atoms with E-state index in [0.29, 0.717) is 48.2 Å². The Kier molecular flexibility index (Phi) is 6.71. The van der Waals surface area contributed by atoms with Crippen LogP contribution in [0.25, 0.3) is 11.5 Å². The van der Waals surface area contributed by atoms with Crippen LogP contribution in [-0.2, 0) is 19.3 Å². The highest BCUT2D eigenvalue weighted by molar-refractivity contribution is 6.03. The average molecular weight is 562 g/mol. The zero-order chi connectivity index (χ0) is 28.6. The van der Waals surface area contributed by atoms with Gasteiger partial charge in [-0.3, -0.25) is 4.79 Å². The highest BCUT2D eigenvalue weighted by atomic mass is 19.4. The predicted octanol–water partition coefficient (Wildman–Crippen LogP) is 4.70. The van der Waals surface area contributed by atoms with Crippen molar-refractivity contribution in [2.75, 3.05) is 16.8 Å². The van der Waals surface area contributed by atoms with Gasteiger partial charge in [0.05, 0.1) is 18.4 Å². The summed E-state index contributed by atoms with van der Waals surface area (Å²) in [4.78, 5) is 22.6. The Labute approximate surface area is 231 Å². The minimum Gasteiger partial charge on any atom is -0.430 e. The molecule has 0 fully saturated rings. The van der Waals surface area contributed by atoms with E-state index in [-0.39, 0.29) is 11.6 Å². The molecule has 0 saturated carbocycles. The lowest BCUT2D eigenvalue weighted by Crippen LogP contribution is -2.35. The van der Waals surface area contributed by atoms with Crippen LogP contribution in [0.5, 0.6) is 0 Å². The second-order valence-corrected chi connectivity index (χ2v) is 9.28. The first-order chi connectivity index (χ1) is 19.8. The first-order valence-electron chi connectivity index (χ1n) is 12.6. The number of pyridine rings is 1. The molecule has 41 heavy (non-hydrogen) atoms. The van der Waals surface area contributed by atoms with Crippen LogP contribution in [0.3, 0.4) is 0 Å². The molecule has 1 amide bonds. The molecule has 208 valence electrons. The molecule has 3 aromatic heterocycles. The SMILES string of the molecule is O=C(Nc1ccc(N2CCn3c(nnc3C(O)c3ccccc3)C2)nc1)c1oc(-c2ccccc2)nc1C(F)(F)F. The van der Waals surface area contributed by atoms with Gasteiger partial charge in [0.15, 0.2) is 17.3 Å². The number of carbonyl (C=O) groups excluding carboxylic acids is 1. The highest BCUT2D eigenvalue weighted by Crippen LogP contribution is 2.35. The number of halogens is 3. The smallest absolute Gasteiger partial charge is 0.430 e. The molecule has 2 N–H and O–H groups in total. The summed E-state index contributed by atoms with van der Waals surface area (Å²) in [5.41, 5.74) is -0.207. The molecular formula is C28H22F3N7O3. The number of oxazole rings is 1. The summed E-state index contributed by atoms with van der Waals surface area (Å²) in [6.45, 7) is 1.44. The number of hydrogen-bond donors (Lipinski definition) is 2. The van der Waals surface area contributed by atoms with E-state index in [1.807, 2.05) is 39.8 Å². The van der Waals surface area contributed by atoms with E-state index in [1.165, 1.54) is 24.4 Å². The first kappa shape index (κ1) is 26.2. The van der Waals surface area contributed by atoms with Crippen molar-refractivity contribution in [3.63, 3.8) is 0 Å². The summed E-state index contributed by atoms with van der Waals surface area (Å²) in [5.74, 6) is -0.669. The third kappa shape index (κ3) is 5.26. The first-order valence-corrected chi connectivity index (χ1v) is 12.6. The maximum absolute atomic E-state index is 13.6. The maximum Gasteiger partial charge on any atom is 0.437 e. The van der Waals surface area contributed by atoms with E-state index in [1.54, 1.807) is 24.3 Å². The van der Waals surface area contributed by atoms with Gasteiger partial charge in [-0.15, -0.1) is 10.2 Å². The molecular weight excluding hydrogens is 539 g/mol. The summed E-state index contributed by atoms with van der Waals surface area (Å²) in [7, 11) is 0. The Bertz CT molecular complexity index is 1670. The molecule has 4 heterocycles. The molecule has 0 radical (unpaired) electrons. The summed E-state index contributed by atoms with van der Waals surface area (Å²) >= 11 is 0. The Morgan fingerprint density at radius 2 is 1.71 bits per heavy atom. The number of benzene rings is 2. The molecule has 1 aliphatic heterocycles. The van der Waals surface area contributed by atoms with Gasteiger partial charge in [-0.05, 0) is 29.8 Å². The van der Waals surface area contributed by atoms with Gasteiger partial charge in [-0.2, -0.15) is 13.2 Å². The minimum atomic E-state index is -4.89. The Balaban J connectivity index is 1.16. The molecule has 1 atom stereocenters. The molecule has 0 aliphatic carbocycles. The summed E-state index contributed by atoms with van der Waals surface area (Å²) in [5, 5.41) is 21.6. The van der Waals surface area contributed by atoms with Crippen LogP contribution in [0.4, 0.5) is 24.7 Å². The predicted molar refractivity (Wildman–Crippen MR) is 141 cm³/mol. The summed E-state index contributed by atoms with van der Waals surface area (Å²) in [6.07, 6.45) is -4.45. The fourth-order valence-electron chi connectivity index (χ4n) is 4.57. The van der Waals surface area contributed by atoms with Crippen LogP contribution in [0.2, 0.25) is 0 Å². The van der Waals surface area contributed by atoms with E-state index in [4.69, 9.17) is 4.42 Å². The van der Waals surface area contributed by atoms with Gasteiger partial charge >= 0.3 is 6.18 Å². The quantitative estimate of drug-likeness (QED) is 0.306. The normalized spacial score (nSPS) is 14.0. The van der Waals surface area contributed by atoms with Crippen LogP contribution in [0, 0.1) is 0 Å². The standard InChI is InChI=1S/C28H22F3N7O3/c29-28(30,31)24-23(41-27(34-24)18-9-5-2-6-10-18)26(40)33-19-11-12-20(32-15-19)37-13-14-38-21(16-37)35-36-25(38)22(39)17-7-3-1-4-8-17/h1-12,15,22,39H,13-14,16H2,(H,33,40). The highest BCUT2D eigenvalue weighted by Gasteiger charge is 2.41. The number of alkyl halides is 3. The van der Waals surface area contributed by atoms with Crippen molar-refractivity contribution < 1.29 is 27.5 Å². The number of carbonyl (C=O) groups is 1. The van der Waals surface area contributed by atoms with Gasteiger partial charge < -0.3 is 24.3 Å². The van der Waals surface area contributed by atoms with Crippen LogP contribution in [0.15, 0.2) is 83.4 Å². The molecule has 13 heteroatoms. The van der Waals surface area contributed by atoms with Crippen molar-refractivity contribution in [1.29, 1.82) is 0 Å². The molecule has 5 aromatic rings. The average Bonchev–Trinajstić information content (AvgIpc) is 3.63. The lowest BCUT2D eigenvalue weighted by Gasteiger charge is -2.29. The van der Waals surface area contributed by atoms with Gasteiger partial charge in [0.1, 0.15) is 11.9 Å². The zero-order valence-electron chi connectivity index (χ0n) is 21.3. The van der Waals surface area contributed by atoms with Gasteiger partial charge in [0, 0.05) is 18.7 Å². The molecule has 1 aliphatic rings. The number of aliphatic hydroxyl groups excluding tert-OH is 1. The number of anilines is 2. The fraction of sp³-hybridized carbons (Fsp3) is 0.179. The van der Waals surface area contributed by atoms with Gasteiger partial charge in [-0.1, -0.05) is 48.5 Å². The summed E-state index contributed by atoms with van der Waals surface area (Å²) < 4.78 is 48.0. The third-order valence-corrected chi connectivity index (χ3v) is 6.59. The largest absolute Gasteiger partial charge is 0.437 e. The lowest BCUT2D eigenvalue weighted by atomic mass is 10.1. The third-order valence-electron chi connectivity index (χ3n) is 6.59. The molecule has 6 rings (SSSR count). The van der Waals surface area contributed by atoms with Crippen molar-refractivity contribution in [3.05, 3.63) is 108 Å². The Morgan fingerprint density at radius 3 is 2.39 bits per heavy atom. The second kappa shape index (κ2) is 10.5. The van der Waals surface area contributed by atoms with Crippen molar-refractivity contribution in [2.45, 2.75) is 25.4 Å². The number of aliphatic hydroxyl groups is 1. The van der Waals surface area contributed by atoms with E-state index in [0.717, 1.165) is 0 Å². The molecule has 0 bridgehead atoms. The van der Waals surface area contributed by atoms with E-state index in [9.17, 15) is 23.1 Å². The van der Waals surface area contributed by atoms with Crippen molar-refractivity contribution in [3.8, 4) is 11.5 Å². The number of nitrogens with zero attached hydrogens (tertiary/aromatic N) is 6.